The zero-order valence-electron chi connectivity index (χ0n) is 17.6. The highest BCUT2D eigenvalue weighted by Gasteiger charge is 2.37. The molecule has 1 atom stereocenters. The molecule has 7 nitrogen and oxygen atoms in total. The SMILES string of the molecule is Cc1ccc(NC(=O)C2CCCN(C(=O)C3CC3)C2)cc1S(=O)(=O)N1CCCCC1. The lowest BCUT2D eigenvalue weighted by molar-refractivity contribution is -0.135. The maximum atomic E-state index is 13.1. The molecule has 2 saturated heterocycles. The van der Waals surface area contributed by atoms with Gasteiger partial charge >= 0.3 is 0 Å². The number of anilines is 1. The highest BCUT2D eigenvalue weighted by Crippen LogP contribution is 2.33. The van der Waals surface area contributed by atoms with Gasteiger partial charge in [-0.15, -0.1) is 0 Å². The molecule has 0 spiro atoms. The summed E-state index contributed by atoms with van der Waals surface area (Å²) in [5.41, 5.74) is 1.17. The lowest BCUT2D eigenvalue weighted by Gasteiger charge is -2.32. The fourth-order valence-electron chi connectivity index (χ4n) is 4.42. The lowest BCUT2D eigenvalue weighted by atomic mass is 9.96. The Labute approximate surface area is 178 Å². The minimum Gasteiger partial charge on any atom is -0.342 e. The van der Waals surface area contributed by atoms with Crippen LogP contribution >= 0.6 is 0 Å². The van der Waals surface area contributed by atoms with Crippen molar-refractivity contribution in [2.45, 2.75) is 56.8 Å². The quantitative estimate of drug-likeness (QED) is 0.774. The Morgan fingerprint density at radius 2 is 1.70 bits per heavy atom. The first-order valence-electron chi connectivity index (χ1n) is 11.1. The van der Waals surface area contributed by atoms with Crippen molar-refractivity contribution in [1.82, 2.24) is 9.21 Å². The van der Waals surface area contributed by atoms with Gasteiger partial charge in [-0.1, -0.05) is 12.5 Å². The van der Waals surface area contributed by atoms with E-state index in [4.69, 9.17) is 0 Å². The largest absolute Gasteiger partial charge is 0.342 e. The predicted octanol–water partition coefficient (Wildman–Crippen LogP) is 2.76. The maximum absolute atomic E-state index is 13.1. The Morgan fingerprint density at radius 1 is 0.967 bits per heavy atom. The third kappa shape index (κ3) is 4.54. The van der Waals surface area contributed by atoms with E-state index < -0.39 is 10.0 Å². The number of hydrogen-bond donors (Lipinski definition) is 1. The second kappa shape index (κ2) is 8.67. The summed E-state index contributed by atoms with van der Waals surface area (Å²) in [7, 11) is -3.57. The monoisotopic (exact) mass is 433 g/mol. The average Bonchev–Trinajstić information content (AvgIpc) is 3.60. The van der Waals surface area contributed by atoms with Crippen molar-refractivity contribution in [3.05, 3.63) is 23.8 Å². The predicted molar refractivity (Wildman–Crippen MR) is 114 cm³/mol. The normalized spacial score (nSPS) is 23.2. The minimum absolute atomic E-state index is 0.145. The van der Waals surface area contributed by atoms with E-state index in [1.165, 1.54) is 0 Å². The van der Waals surface area contributed by atoms with Crippen molar-refractivity contribution in [3.8, 4) is 0 Å². The molecular formula is C22H31N3O4S. The zero-order valence-corrected chi connectivity index (χ0v) is 18.4. The van der Waals surface area contributed by atoms with E-state index in [2.05, 4.69) is 5.32 Å². The summed E-state index contributed by atoms with van der Waals surface area (Å²) in [6, 6.07) is 5.07. The van der Waals surface area contributed by atoms with E-state index >= 15 is 0 Å². The first-order valence-corrected chi connectivity index (χ1v) is 12.5. The topological polar surface area (TPSA) is 86.8 Å². The molecule has 1 saturated carbocycles. The molecule has 3 aliphatic rings. The third-order valence-corrected chi connectivity index (χ3v) is 8.46. The van der Waals surface area contributed by atoms with Crippen LogP contribution in [0.15, 0.2) is 23.1 Å². The van der Waals surface area contributed by atoms with Crippen LogP contribution in [0, 0.1) is 18.8 Å². The molecule has 3 fully saturated rings. The van der Waals surface area contributed by atoms with Gasteiger partial charge in [0, 0.05) is 37.8 Å². The minimum atomic E-state index is -3.57. The first-order chi connectivity index (χ1) is 14.4. The first kappa shape index (κ1) is 21.3. The highest BCUT2D eigenvalue weighted by atomic mass is 32.2. The van der Waals surface area contributed by atoms with Gasteiger partial charge < -0.3 is 10.2 Å². The molecule has 1 unspecified atom stereocenters. The molecule has 8 heteroatoms. The molecule has 1 aromatic rings. The molecule has 2 heterocycles. The van der Waals surface area contributed by atoms with Crippen LogP contribution in [0.25, 0.3) is 0 Å². The van der Waals surface area contributed by atoms with Crippen LogP contribution in [-0.4, -0.2) is 55.6 Å². The smallest absolute Gasteiger partial charge is 0.243 e. The van der Waals surface area contributed by atoms with Gasteiger partial charge in [-0.3, -0.25) is 9.59 Å². The molecule has 0 aromatic heterocycles. The van der Waals surface area contributed by atoms with Gasteiger partial charge in [0.25, 0.3) is 0 Å². The Hall–Kier alpha value is -1.93. The van der Waals surface area contributed by atoms with E-state index in [1.54, 1.807) is 29.4 Å². The van der Waals surface area contributed by atoms with Crippen LogP contribution in [0.2, 0.25) is 0 Å². The van der Waals surface area contributed by atoms with Crippen LogP contribution in [-0.2, 0) is 19.6 Å². The number of sulfonamides is 1. The zero-order chi connectivity index (χ0) is 21.3. The molecule has 1 N–H and O–H groups in total. The summed E-state index contributed by atoms with van der Waals surface area (Å²) in [5, 5.41) is 2.90. The molecule has 1 aliphatic carbocycles. The number of likely N-dealkylation sites (tertiary alicyclic amines) is 1. The van der Waals surface area contributed by atoms with Crippen LogP contribution in [0.5, 0.6) is 0 Å². The average molecular weight is 434 g/mol. The number of amides is 2. The van der Waals surface area contributed by atoms with E-state index in [0.29, 0.717) is 30.9 Å². The Kier molecular flexibility index (Phi) is 6.16. The van der Waals surface area contributed by atoms with Gasteiger partial charge in [-0.05, 0) is 63.1 Å². The molecule has 30 heavy (non-hydrogen) atoms. The molecule has 0 radical (unpaired) electrons. The number of carbonyl (C=O) groups is 2. The third-order valence-electron chi connectivity index (χ3n) is 6.42. The molecule has 2 aliphatic heterocycles. The van der Waals surface area contributed by atoms with Gasteiger partial charge in [-0.25, -0.2) is 8.42 Å². The summed E-state index contributed by atoms with van der Waals surface area (Å²) in [4.78, 5) is 27.3. The van der Waals surface area contributed by atoms with Crippen LogP contribution in [0.1, 0.15) is 50.5 Å². The summed E-state index contributed by atoms with van der Waals surface area (Å²) < 4.78 is 27.8. The summed E-state index contributed by atoms with van der Waals surface area (Å²) in [5.74, 6) is -0.0671. The number of nitrogens with zero attached hydrogens (tertiary/aromatic N) is 2. The van der Waals surface area contributed by atoms with Gasteiger partial charge in [-0.2, -0.15) is 4.31 Å². The Balaban J connectivity index is 1.46. The van der Waals surface area contributed by atoms with Gasteiger partial charge in [0.15, 0.2) is 0 Å². The number of rotatable bonds is 5. The molecule has 4 rings (SSSR count). The molecular weight excluding hydrogens is 402 g/mol. The van der Waals surface area contributed by atoms with E-state index in [9.17, 15) is 18.0 Å². The van der Waals surface area contributed by atoms with E-state index in [0.717, 1.165) is 51.5 Å². The standard InChI is InChI=1S/C22H31N3O4S/c1-16-7-10-19(14-20(16)30(28,29)25-12-3-2-4-13-25)23-21(26)18-6-5-11-24(15-18)22(27)17-8-9-17/h7,10,14,17-18H,2-6,8-9,11-13,15H2,1H3,(H,23,26). The van der Waals surface area contributed by atoms with Crippen molar-refractivity contribution in [3.63, 3.8) is 0 Å². The maximum Gasteiger partial charge on any atom is 0.243 e. The summed E-state index contributed by atoms with van der Waals surface area (Å²) in [6.07, 6.45) is 6.31. The van der Waals surface area contributed by atoms with E-state index in [1.807, 2.05) is 4.90 Å². The van der Waals surface area contributed by atoms with Crippen LogP contribution < -0.4 is 5.32 Å². The fourth-order valence-corrected chi connectivity index (χ4v) is 6.19. The van der Waals surface area contributed by atoms with Crippen molar-refractivity contribution in [1.29, 1.82) is 0 Å². The lowest BCUT2D eigenvalue weighted by Crippen LogP contribution is -2.44. The number of aryl methyl sites for hydroxylation is 1. The molecule has 1 aromatic carbocycles. The van der Waals surface area contributed by atoms with Crippen LogP contribution in [0.4, 0.5) is 5.69 Å². The summed E-state index contributed by atoms with van der Waals surface area (Å²) in [6.45, 7) is 4.05. The Bertz CT molecular complexity index is 920. The number of carbonyl (C=O) groups excluding carboxylic acids is 2. The van der Waals surface area contributed by atoms with E-state index in [-0.39, 0.29) is 28.5 Å². The van der Waals surface area contributed by atoms with Gasteiger partial charge in [0.1, 0.15) is 0 Å². The van der Waals surface area contributed by atoms with Crippen molar-refractivity contribution >= 4 is 27.5 Å². The highest BCUT2D eigenvalue weighted by molar-refractivity contribution is 7.89. The second-order valence-electron chi connectivity index (χ2n) is 8.83. The van der Waals surface area contributed by atoms with Crippen molar-refractivity contribution in [2.75, 3.05) is 31.5 Å². The van der Waals surface area contributed by atoms with Crippen molar-refractivity contribution in [2.24, 2.45) is 11.8 Å². The molecule has 164 valence electrons. The molecule has 0 bridgehead atoms. The van der Waals surface area contributed by atoms with Crippen LogP contribution in [0.3, 0.4) is 0 Å². The van der Waals surface area contributed by atoms with Gasteiger partial charge in [0.05, 0.1) is 10.8 Å². The fraction of sp³-hybridized carbons (Fsp3) is 0.636. The van der Waals surface area contributed by atoms with Gasteiger partial charge in [0.2, 0.25) is 21.8 Å². The number of piperidine rings is 2. The van der Waals surface area contributed by atoms with Crippen molar-refractivity contribution < 1.29 is 18.0 Å². The molecule has 2 amide bonds. The number of benzene rings is 1. The number of nitrogens with one attached hydrogen (secondary N) is 1. The Morgan fingerprint density at radius 3 is 2.40 bits per heavy atom. The summed E-state index contributed by atoms with van der Waals surface area (Å²) >= 11 is 0. The number of hydrogen-bond acceptors (Lipinski definition) is 4. The second-order valence-corrected chi connectivity index (χ2v) is 10.7.